The molecule has 0 radical (unpaired) electrons. The molecule has 0 heterocycles. The van der Waals surface area contributed by atoms with E-state index >= 15 is 0 Å². The van der Waals surface area contributed by atoms with Crippen LogP contribution < -0.4 is 5.32 Å². The first-order chi connectivity index (χ1) is 6.70. The third-order valence-electron chi connectivity index (χ3n) is 2.86. The Morgan fingerprint density at radius 2 is 2.00 bits per heavy atom. The Balaban J connectivity index is 3.86. The fraction of sp³-hybridized carbons (Fsp3) is 0.727. The molecule has 4 heteroatoms. The van der Waals surface area contributed by atoms with Crippen LogP contribution in [-0.2, 0) is 9.22 Å². The quantitative estimate of drug-likeness (QED) is 0.446. The number of nitrogens with one attached hydrogen (secondary N) is 1. The van der Waals surface area contributed by atoms with Gasteiger partial charge in [-0.1, -0.05) is 27.4 Å². The molecule has 3 nitrogen and oxygen atoms in total. The number of carbonyl (C=O) groups is 1. The van der Waals surface area contributed by atoms with Crippen LogP contribution in [-0.4, -0.2) is 27.4 Å². The van der Waals surface area contributed by atoms with E-state index in [1.54, 1.807) is 0 Å². The molecule has 1 amide bonds. The van der Waals surface area contributed by atoms with Crippen LogP contribution in [0.25, 0.3) is 0 Å². The molecule has 0 aromatic rings. The number of hydrogen-bond donors (Lipinski definition) is 1. The fourth-order valence-electron chi connectivity index (χ4n) is 0.769. The van der Waals surface area contributed by atoms with Crippen molar-refractivity contribution in [1.29, 1.82) is 0 Å². The van der Waals surface area contributed by atoms with Gasteiger partial charge in [0.05, 0.1) is 6.61 Å². The van der Waals surface area contributed by atoms with E-state index in [2.05, 4.69) is 45.8 Å². The van der Waals surface area contributed by atoms with Crippen LogP contribution in [0.3, 0.4) is 0 Å². The van der Waals surface area contributed by atoms with Crippen molar-refractivity contribution in [2.75, 3.05) is 13.2 Å². The van der Waals surface area contributed by atoms with Crippen LogP contribution in [0.1, 0.15) is 20.8 Å². The molecule has 0 aliphatic heterocycles. The zero-order chi connectivity index (χ0) is 12.1. The molecule has 0 saturated heterocycles. The average Bonchev–Trinajstić information content (AvgIpc) is 2.10. The first-order valence-corrected chi connectivity index (χ1v) is 8.16. The van der Waals surface area contributed by atoms with Crippen molar-refractivity contribution >= 4 is 14.2 Å². The molecule has 0 rings (SSSR count). The standard InChI is InChI=1S/C11H23NO2Si/c1-7-10(13)12-8-9-14-15(5,6)11(2,3)4/h7H,1,8-9H2,2-6H3,(H,12,13). The van der Waals surface area contributed by atoms with Gasteiger partial charge in [-0.05, 0) is 24.2 Å². The maximum atomic E-state index is 10.9. The number of carbonyl (C=O) groups excluding carboxylic acids is 1. The molecule has 0 fully saturated rings. The first kappa shape index (κ1) is 14.4. The highest BCUT2D eigenvalue weighted by Gasteiger charge is 2.36. The van der Waals surface area contributed by atoms with Crippen LogP contribution in [0, 0.1) is 0 Å². The Bertz CT molecular complexity index is 231. The van der Waals surface area contributed by atoms with E-state index in [0.717, 1.165) is 0 Å². The number of rotatable bonds is 5. The minimum Gasteiger partial charge on any atom is -0.415 e. The van der Waals surface area contributed by atoms with Crippen LogP contribution >= 0.6 is 0 Å². The SMILES string of the molecule is C=CC(=O)NCCO[Si](C)(C)C(C)(C)C. The molecule has 88 valence electrons. The highest BCUT2D eigenvalue weighted by atomic mass is 28.4. The Labute approximate surface area is 94.0 Å². The number of hydrogen-bond acceptors (Lipinski definition) is 2. The van der Waals surface area contributed by atoms with Crippen LogP contribution in [0.2, 0.25) is 18.1 Å². The van der Waals surface area contributed by atoms with Crippen molar-refractivity contribution in [3.05, 3.63) is 12.7 Å². The van der Waals surface area contributed by atoms with Gasteiger partial charge in [0.2, 0.25) is 5.91 Å². The van der Waals surface area contributed by atoms with Gasteiger partial charge in [0.15, 0.2) is 8.32 Å². The normalized spacial score (nSPS) is 12.3. The Morgan fingerprint density at radius 1 is 1.47 bits per heavy atom. The second-order valence-corrected chi connectivity index (χ2v) is 9.91. The third kappa shape index (κ3) is 5.13. The topological polar surface area (TPSA) is 38.3 Å². The predicted molar refractivity (Wildman–Crippen MR) is 66.4 cm³/mol. The lowest BCUT2D eigenvalue weighted by atomic mass is 10.2. The molecule has 0 aliphatic carbocycles. The zero-order valence-corrected chi connectivity index (χ0v) is 11.5. The van der Waals surface area contributed by atoms with Crippen molar-refractivity contribution in [1.82, 2.24) is 5.32 Å². The molecule has 0 aromatic heterocycles. The first-order valence-electron chi connectivity index (χ1n) is 5.25. The van der Waals surface area contributed by atoms with Gasteiger partial charge < -0.3 is 9.74 Å². The molecule has 0 atom stereocenters. The second kappa shape index (κ2) is 5.46. The van der Waals surface area contributed by atoms with Gasteiger partial charge in [0.25, 0.3) is 0 Å². The summed E-state index contributed by atoms with van der Waals surface area (Å²) in [5.74, 6) is -0.145. The summed E-state index contributed by atoms with van der Waals surface area (Å²) in [5.41, 5.74) is 0. The zero-order valence-electron chi connectivity index (χ0n) is 10.5. The third-order valence-corrected chi connectivity index (χ3v) is 7.39. The average molecular weight is 229 g/mol. The highest BCUT2D eigenvalue weighted by Crippen LogP contribution is 2.36. The van der Waals surface area contributed by atoms with Crippen molar-refractivity contribution in [2.24, 2.45) is 0 Å². The van der Waals surface area contributed by atoms with Gasteiger partial charge in [-0.15, -0.1) is 0 Å². The molecule has 0 unspecified atom stereocenters. The monoisotopic (exact) mass is 229 g/mol. The highest BCUT2D eigenvalue weighted by molar-refractivity contribution is 6.74. The lowest BCUT2D eigenvalue weighted by Gasteiger charge is -2.36. The summed E-state index contributed by atoms with van der Waals surface area (Å²) in [6.07, 6.45) is 1.27. The molecule has 1 N–H and O–H groups in total. The van der Waals surface area contributed by atoms with Crippen LogP contribution in [0.15, 0.2) is 12.7 Å². The Kier molecular flexibility index (Phi) is 5.24. The van der Waals surface area contributed by atoms with Gasteiger partial charge in [0.1, 0.15) is 0 Å². The summed E-state index contributed by atoms with van der Waals surface area (Å²) in [5, 5.41) is 2.91. The van der Waals surface area contributed by atoms with Gasteiger partial charge in [-0.25, -0.2) is 0 Å². The van der Waals surface area contributed by atoms with Gasteiger partial charge in [-0.2, -0.15) is 0 Å². The van der Waals surface area contributed by atoms with E-state index in [0.29, 0.717) is 13.2 Å². The lowest BCUT2D eigenvalue weighted by molar-refractivity contribution is -0.116. The molecular weight excluding hydrogens is 206 g/mol. The summed E-state index contributed by atoms with van der Waals surface area (Å²) in [6.45, 7) is 15.5. The molecule has 0 spiro atoms. The predicted octanol–water partition coefficient (Wildman–Crippen LogP) is 2.31. The van der Waals surface area contributed by atoms with E-state index in [9.17, 15) is 4.79 Å². The molecule has 0 aliphatic rings. The molecular formula is C11H23NO2Si. The van der Waals surface area contributed by atoms with Crippen molar-refractivity contribution in [3.8, 4) is 0 Å². The lowest BCUT2D eigenvalue weighted by Crippen LogP contribution is -2.42. The summed E-state index contributed by atoms with van der Waals surface area (Å²) < 4.78 is 5.88. The Hall–Kier alpha value is -0.613. The van der Waals surface area contributed by atoms with E-state index in [1.807, 2.05) is 0 Å². The van der Waals surface area contributed by atoms with Gasteiger partial charge in [0, 0.05) is 6.54 Å². The maximum Gasteiger partial charge on any atom is 0.243 e. The van der Waals surface area contributed by atoms with E-state index in [1.165, 1.54) is 6.08 Å². The molecule has 0 saturated carbocycles. The number of amides is 1. The van der Waals surface area contributed by atoms with Crippen molar-refractivity contribution < 1.29 is 9.22 Å². The summed E-state index contributed by atoms with van der Waals surface area (Å²) in [6, 6.07) is 0. The summed E-state index contributed by atoms with van der Waals surface area (Å²) >= 11 is 0. The van der Waals surface area contributed by atoms with Gasteiger partial charge in [-0.3, -0.25) is 4.79 Å². The van der Waals surface area contributed by atoms with E-state index in [-0.39, 0.29) is 10.9 Å². The molecule has 15 heavy (non-hydrogen) atoms. The largest absolute Gasteiger partial charge is 0.415 e. The summed E-state index contributed by atoms with van der Waals surface area (Å²) in [4.78, 5) is 10.9. The molecule has 0 bridgehead atoms. The fourth-order valence-corrected chi connectivity index (χ4v) is 1.81. The van der Waals surface area contributed by atoms with Crippen LogP contribution in [0.4, 0.5) is 0 Å². The summed E-state index contributed by atoms with van der Waals surface area (Å²) in [7, 11) is -1.66. The minimum atomic E-state index is -1.66. The van der Waals surface area contributed by atoms with Crippen molar-refractivity contribution in [2.45, 2.75) is 38.9 Å². The van der Waals surface area contributed by atoms with Gasteiger partial charge >= 0.3 is 0 Å². The van der Waals surface area contributed by atoms with E-state index < -0.39 is 8.32 Å². The van der Waals surface area contributed by atoms with Crippen molar-refractivity contribution in [3.63, 3.8) is 0 Å². The Morgan fingerprint density at radius 3 is 2.40 bits per heavy atom. The minimum absolute atomic E-state index is 0.145. The van der Waals surface area contributed by atoms with E-state index in [4.69, 9.17) is 4.43 Å². The van der Waals surface area contributed by atoms with Crippen LogP contribution in [0.5, 0.6) is 0 Å². The second-order valence-electron chi connectivity index (χ2n) is 5.10. The molecule has 0 aromatic carbocycles. The smallest absolute Gasteiger partial charge is 0.243 e. The maximum absolute atomic E-state index is 10.9.